The number of hydrogen-bond acceptors (Lipinski definition) is 2. The van der Waals surface area contributed by atoms with Gasteiger partial charge in [-0.05, 0) is 17.1 Å². The molecule has 1 rings (SSSR count). The maximum atomic E-state index is 6.12. The summed E-state index contributed by atoms with van der Waals surface area (Å²) in [6.45, 7) is 14.1. The number of dihydropyridines is 1. The Morgan fingerprint density at radius 1 is 1.07 bits per heavy atom. The summed E-state index contributed by atoms with van der Waals surface area (Å²) >= 11 is 0. The number of nitrogens with two attached hydrogens (primary N) is 1. The van der Waals surface area contributed by atoms with Gasteiger partial charge in [0, 0.05) is 23.4 Å². The van der Waals surface area contributed by atoms with Crippen molar-refractivity contribution < 1.29 is 0 Å². The summed E-state index contributed by atoms with van der Waals surface area (Å²) in [7, 11) is 0. The highest BCUT2D eigenvalue weighted by Gasteiger charge is 2.26. The lowest BCUT2D eigenvalue weighted by Crippen LogP contribution is -2.34. The minimum Gasteiger partial charge on any atom is -0.399 e. The molecule has 0 aromatic rings. The first-order valence-electron chi connectivity index (χ1n) is 5.57. The van der Waals surface area contributed by atoms with Crippen LogP contribution in [0.5, 0.6) is 0 Å². The number of hydrogen-bond donors (Lipinski definition) is 2. The third-order valence-corrected chi connectivity index (χ3v) is 2.82. The van der Waals surface area contributed by atoms with Crippen LogP contribution in [0.3, 0.4) is 0 Å². The predicted molar refractivity (Wildman–Crippen MR) is 66.2 cm³/mol. The summed E-state index contributed by atoms with van der Waals surface area (Å²) in [4.78, 5) is 0. The Balaban J connectivity index is 3.05. The van der Waals surface area contributed by atoms with Crippen molar-refractivity contribution in [3.8, 4) is 0 Å². The molecule has 1 aliphatic heterocycles. The van der Waals surface area contributed by atoms with Crippen LogP contribution >= 0.6 is 0 Å². The zero-order valence-electron chi connectivity index (χ0n) is 10.9. The van der Waals surface area contributed by atoms with E-state index in [1.54, 1.807) is 0 Å². The minimum absolute atomic E-state index is 0.147. The molecular formula is C13H24N2. The van der Waals surface area contributed by atoms with Crippen LogP contribution in [0.4, 0.5) is 0 Å². The lowest BCUT2D eigenvalue weighted by Gasteiger charge is -2.33. The van der Waals surface area contributed by atoms with Gasteiger partial charge in [-0.1, -0.05) is 41.5 Å². The Bertz CT molecular complexity index is 308. The standard InChI is InChI=1S/C13H24N2/c1-12(2,3)9-8-15-11(7-10(9)14)13(4,5)6/h7,15H,8,14H2,1-6H3. The Morgan fingerprint density at radius 2 is 1.60 bits per heavy atom. The molecule has 0 fully saturated rings. The van der Waals surface area contributed by atoms with Crippen molar-refractivity contribution in [1.29, 1.82) is 0 Å². The van der Waals surface area contributed by atoms with E-state index in [1.165, 1.54) is 11.3 Å². The quantitative estimate of drug-likeness (QED) is 0.642. The molecule has 1 heterocycles. The van der Waals surface area contributed by atoms with Gasteiger partial charge in [-0.15, -0.1) is 0 Å². The van der Waals surface area contributed by atoms with E-state index >= 15 is 0 Å². The smallest absolute Gasteiger partial charge is 0.0385 e. The summed E-state index contributed by atoms with van der Waals surface area (Å²) in [6.07, 6.45) is 2.09. The third kappa shape index (κ3) is 2.77. The molecule has 0 saturated heterocycles. The van der Waals surface area contributed by atoms with Crippen molar-refractivity contribution in [1.82, 2.24) is 5.32 Å². The van der Waals surface area contributed by atoms with Crippen LogP contribution in [-0.4, -0.2) is 6.54 Å². The molecule has 86 valence electrons. The van der Waals surface area contributed by atoms with Gasteiger partial charge in [0.05, 0.1) is 0 Å². The Hall–Kier alpha value is -0.920. The summed E-state index contributed by atoms with van der Waals surface area (Å²) < 4.78 is 0. The van der Waals surface area contributed by atoms with E-state index in [0.717, 1.165) is 12.2 Å². The lowest BCUT2D eigenvalue weighted by atomic mass is 9.81. The molecule has 0 atom stereocenters. The fraction of sp³-hybridized carbons (Fsp3) is 0.692. The van der Waals surface area contributed by atoms with Gasteiger partial charge in [0.15, 0.2) is 0 Å². The molecule has 3 N–H and O–H groups in total. The zero-order valence-corrected chi connectivity index (χ0v) is 10.9. The van der Waals surface area contributed by atoms with Gasteiger partial charge in [-0.25, -0.2) is 0 Å². The maximum absolute atomic E-state index is 6.12. The van der Waals surface area contributed by atoms with Crippen LogP contribution in [0.15, 0.2) is 23.0 Å². The number of allylic oxidation sites excluding steroid dienone is 2. The summed E-state index contributed by atoms with van der Waals surface area (Å²) in [5.41, 5.74) is 9.88. The van der Waals surface area contributed by atoms with Crippen LogP contribution in [0.25, 0.3) is 0 Å². The van der Waals surface area contributed by atoms with E-state index in [-0.39, 0.29) is 10.8 Å². The van der Waals surface area contributed by atoms with Gasteiger partial charge in [0.2, 0.25) is 0 Å². The first-order valence-corrected chi connectivity index (χ1v) is 5.57. The number of rotatable bonds is 0. The van der Waals surface area contributed by atoms with Crippen LogP contribution in [0, 0.1) is 10.8 Å². The van der Waals surface area contributed by atoms with Crippen LogP contribution in [0.1, 0.15) is 41.5 Å². The first kappa shape index (κ1) is 12.2. The Labute approximate surface area is 93.6 Å². The van der Waals surface area contributed by atoms with Crippen molar-refractivity contribution in [3.05, 3.63) is 23.0 Å². The van der Waals surface area contributed by atoms with Crippen molar-refractivity contribution >= 4 is 0 Å². The van der Waals surface area contributed by atoms with Crippen molar-refractivity contribution in [2.45, 2.75) is 41.5 Å². The predicted octanol–water partition coefficient (Wildman–Crippen LogP) is 2.78. The molecule has 0 aliphatic carbocycles. The molecule has 0 aromatic heterocycles. The Morgan fingerprint density at radius 3 is 1.93 bits per heavy atom. The second kappa shape index (κ2) is 3.58. The maximum Gasteiger partial charge on any atom is 0.0385 e. The second-order valence-electron chi connectivity index (χ2n) is 6.35. The molecule has 0 spiro atoms. The van der Waals surface area contributed by atoms with Gasteiger partial charge in [0.25, 0.3) is 0 Å². The van der Waals surface area contributed by atoms with Crippen molar-refractivity contribution in [2.24, 2.45) is 16.6 Å². The van der Waals surface area contributed by atoms with Gasteiger partial charge in [-0.2, -0.15) is 0 Å². The van der Waals surface area contributed by atoms with Gasteiger partial charge in [0.1, 0.15) is 0 Å². The molecule has 0 bridgehead atoms. The highest BCUT2D eigenvalue weighted by molar-refractivity contribution is 5.36. The third-order valence-electron chi connectivity index (χ3n) is 2.82. The molecule has 1 aliphatic rings. The molecule has 2 nitrogen and oxygen atoms in total. The molecule has 0 radical (unpaired) electrons. The zero-order chi connectivity index (χ0) is 11.9. The number of nitrogens with one attached hydrogen (secondary N) is 1. The fourth-order valence-electron chi connectivity index (χ4n) is 1.76. The molecule has 0 unspecified atom stereocenters. The van der Waals surface area contributed by atoms with Crippen LogP contribution in [0.2, 0.25) is 0 Å². The van der Waals surface area contributed by atoms with E-state index in [4.69, 9.17) is 5.73 Å². The SMILES string of the molecule is CC(C)(C)C1=CC(N)=C(C(C)(C)C)CN1. The van der Waals surface area contributed by atoms with Crippen LogP contribution < -0.4 is 11.1 Å². The van der Waals surface area contributed by atoms with Crippen molar-refractivity contribution in [3.63, 3.8) is 0 Å². The molecule has 15 heavy (non-hydrogen) atoms. The van der Waals surface area contributed by atoms with E-state index in [2.05, 4.69) is 52.9 Å². The molecule has 2 heteroatoms. The van der Waals surface area contributed by atoms with Gasteiger partial charge >= 0.3 is 0 Å². The Kier molecular flexibility index (Phi) is 2.90. The van der Waals surface area contributed by atoms with Gasteiger partial charge < -0.3 is 11.1 Å². The molecule has 0 saturated carbocycles. The van der Waals surface area contributed by atoms with E-state index in [0.29, 0.717) is 0 Å². The molecule has 0 aromatic carbocycles. The minimum atomic E-state index is 0.147. The van der Waals surface area contributed by atoms with Crippen molar-refractivity contribution in [2.75, 3.05) is 6.54 Å². The summed E-state index contributed by atoms with van der Waals surface area (Å²) in [6, 6.07) is 0. The highest BCUT2D eigenvalue weighted by atomic mass is 14.9. The average molecular weight is 208 g/mol. The monoisotopic (exact) mass is 208 g/mol. The molecular weight excluding hydrogens is 184 g/mol. The van der Waals surface area contributed by atoms with E-state index < -0.39 is 0 Å². The average Bonchev–Trinajstić information content (AvgIpc) is 1.99. The van der Waals surface area contributed by atoms with E-state index in [1.807, 2.05) is 0 Å². The fourth-order valence-corrected chi connectivity index (χ4v) is 1.76. The second-order valence-corrected chi connectivity index (χ2v) is 6.35. The summed E-state index contributed by atoms with van der Waals surface area (Å²) in [5.74, 6) is 0. The first-order chi connectivity index (χ1) is 6.62. The highest BCUT2D eigenvalue weighted by Crippen LogP contribution is 2.32. The van der Waals surface area contributed by atoms with Gasteiger partial charge in [-0.3, -0.25) is 0 Å². The summed E-state index contributed by atoms with van der Waals surface area (Å²) in [5, 5.41) is 3.47. The lowest BCUT2D eigenvalue weighted by molar-refractivity contribution is 0.432. The topological polar surface area (TPSA) is 38.0 Å². The molecule has 0 amide bonds. The van der Waals surface area contributed by atoms with Crippen LogP contribution in [-0.2, 0) is 0 Å². The largest absolute Gasteiger partial charge is 0.399 e. The normalized spacial score (nSPS) is 18.7. The van der Waals surface area contributed by atoms with E-state index in [9.17, 15) is 0 Å².